The fourth-order valence-corrected chi connectivity index (χ4v) is 4.52. The zero-order valence-electron chi connectivity index (χ0n) is 19.7. The smallest absolute Gasteiger partial charge is 0.134 e. The van der Waals surface area contributed by atoms with Gasteiger partial charge in [0.25, 0.3) is 0 Å². The molecule has 0 N–H and O–H groups in total. The van der Waals surface area contributed by atoms with Crippen molar-refractivity contribution in [3.63, 3.8) is 0 Å². The molecule has 0 atom stereocenters. The van der Waals surface area contributed by atoms with Gasteiger partial charge >= 0.3 is 0 Å². The lowest BCUT2D eigenvalue weighted by atomic mass is 9.96. The minimum absolute atomic E-state index is 0.0873. The SMILES string of the molecule is COCCCc1cc(F)c(CCc2ccc3c(F)c(CCc4ccc(Cl)cc4)ccc3c2)c(F)c1. The van der Waals surface area contributed by atoms with E-state index in [-0.39, 0.29) is 17.8 Å². The highest BCUT2D eigenvalue weighted by molar-refractivity contribution is 6.30. The van der Waals surface area contributed by atoms with E-state index in [1.165, 1.54) is 12.1 Å². The Morgan fingerprint density at radius 2 is 1.37 bits per heavy atom. The van der Waals surface area contributed by atoms with Gasteiger partial charge in [0.1, 0.15) is 17.5 Å². The predicted octanol–water partition coefficient (Wildman–Crippen LogP) is 8.06. The third kappa shape index (κ3) is 6.45. The van der Waals surface area contributed by atoms with Crippen LogP contribution in [0.25, 0.3) is 10.8 Å². The second-order valence-corrected chi connectivity index (χ2v) is 9.29. The molecule has 0 fully saturated rings. The summed E-state index contributed by atoms with van der Waals surface area (Å²) >= 11 is 5.93. The molecule has 4 aromatic rings. The molecule has 0 aliphatic rings. The Hall–Kier alpha value is -2.82. The zero-order chi connectivity index (χ0) is 24.8. The first-order valence-corrected chi connectivity index (χ1v) is 12.2. The van der Waals surface area contributed by atoms with Crippen LogP contribution in [-0.2, 0) is 36.8 Å². The molecule has 35 heavy (non-hydrogen) atoms. The third-order valence-electron chi connectivity index (χ3n) is 6.37. The van der Waals surface area contributed by atoms with Crippen molar-refractivity contribution in [2.24, 2.45) is 0 Å². The fourth-order valence-electron chi connectivity index (χ4n) is 4.39. The summed E-state index contributed by atoms with van der Waals surface area (Å²) in [6, 6.07) is 19.6. The van der Waals surface area contributed by atoms with Crippen LogP contribution < -0.4 is 0 Å². The Kier molecular flexibility index (Phi) is 8.48. The normalized spacial score (nSPS) is 11.3. The van der Waals surface area contributed by atoms with Gasteiger partial charge in [0.05, 0.1) is 0 Å². The van der Waals surface area contributed by atoms with Crippen LogP contribution >= 0.6 is 11.6 Å². The van der Waals surface area contributed by atoms with Gasteiger partial charge < -0.3 is 4.74 Å². The Balaban J connectivity index is 1.43. The molecule has 0 saturated heterocycles. The van der Waals surface area contributed by atoms with Crippen LogP contribution in [0.3, 0.4) is 0 Å². The molecule has 0 aliphatic carbocycles. The summed E-state index contributed by atoms with van der Waals surface area (Å²) in [5.41, 5.74) is 3.40. The number of hydrogen-bond donors (Lipinski definition) is 0. The lowest BCUT2D eigenvalue weighted by molar-refractivity contribution is 0.195. The molecular weight excluding hydrogens is 469 g/mol. The third-order valence-corrected chi connectivity index (χ3v) is 6.63. The van der Waals surface area contributed by atoms with E-state index in [0.717, 1.165) is 22.9 Å². The van der Waals surface area contributed by atoms with Crippen molar-refractivity contribution in [2.45, 2.75) is 38.5 Å². The molecular formula is C30H28ClF3O. The van der Waals surface area contributed by atoms with Crippen molar-refractivity contribution < 1.29 is 17.9 Å². The standard InChI is InChI=1S/C30H28ClF3O/c1-35-16-2-3-22-18-28(32)27(29(33)19-22)15-8-21-7-14-26-24(17-21)11-10-23(30(26)34)9-4-20-5-12-25(31)13-6-20/h5-7,10-14,17-19H,2-4,8-9,15-16H2,1H3. The Labute approximate surface area is 209 Å². The van der Waals surface area contributed by atoms with Crippen LogP contribution in [-0.4, -0.2) is 13.7 Å². The molecule has 0 bridgehead atoms. The maximum Gasteiger partial charge on any atom is 0.134 e. The molecule has 0 heterocycles. The van der Waals surface area contributed by atoms with Gasteiger partial charge in [-0.1, -0.05) is 54.1 Å². The average molecular weight is 497 g/mol. The van der Waals surface area contributed by atoms with Gasteiger partial charge in [-0.2, -0.15) is 0 Å². The number of fused-ring (bicyclic) bond motifs is 1. The molecule has 1 nitrogen and oxygen atoms in total. The number of aryl methyl sites for hydroxylation is 4. The van der Waals surface area contributed by atoms with Crippen molar-refractivity contribution in [2.75, 3.05) is 13.7 Å². The predicted molar refractivity (Wildman–Crippen MR) is 137 cm³/mol. The van der Waals surface area contributed by atoms with Crippen LogP contribution in [0, 0.1) is 17.5 Å². The highest BCUT2D eigenvalue weighted by atomic mass is 35.5. The van der Waals surface area contributed by atoms with Gasteiger partial charge in [0.15, 0.2) is 0 Å². The first-order valence-electron chi connectivity index (χ1n) is 11.8. The molecule has 4 rings (SSSR count). The topological polar surface area (TPSA) is 9.23 Å². The second kappa shape index (κ2) is 11.7. The summed E-state index contributed by atoms with van der Waals surface area (Å²) in [5.74, 6) is -1.26. The van der Waals surface area contributed by atoms with Crippen molar-refractivity contribution in [1.82, 2.24) is 0 Å². The Bertz CT molecular complexity index is 1280. The summed E-state index contributed by atoms with van der Waals surface area (Å²) in [6.45, 7) is 0.553. The molecule has 0 saturated carbocycles. The number of halogens is 4. The van der Waals surface area contributed by atoms with Crippen molar-refractivity contribution in [3.05, 3.63) is 117 Å². The summed E-state index contributed by atoms with van der Waals surface area (Å²) in [5, 5.41) is 2.02. The molecule has 0 spiro atoms. The Morgan fingerprint density at radius 1 is 0.686 bits per heavy atom. The van der Waals surface area contributed by atoms with E-state index >= 15 is 4.39 Å². The largest absolute Gasteiger partial charge is 0.385 e. The first-order chi connectivity index (χ1) is 16.9. The van der Waals surface area contributed by atoms with Crippen LogP contribution in [0.2, 0.25) is 5.02 Å². The lowest BCUT2D eigenvalue weighted by Crippen LogP contribution is -2.02. The minimum Gasteiger partial charge on any atom is -0.385 e. The van der Waals surface area contributed by atoms with E-state index in [1.54, 1.807) is 13.2 Å². The molecule has 0 unspecified atom stereocenters. The number of benzene rings is 4. The van der Waals surface area contributed by atoms with Gasteiger partial charge in [-0.15, -0.1) is 0 Å². The maximum atomic E-state index is 15.1. The molecule has 5 heteroatoms. The van der Waals surface area contributed by atoms with E-state index in [0.29, 0.717) is 53.8 Å². The summed E-state index contributed by atoms with van der Waals surface area (Å²) < 4.78 is 49.3. The second-order valence-electron chi connectivity index (χ2n) is 8.85. The van der Waals surface area contributed by atoms with Gasteiger partial charge in [-0.25, -0.2) is 13.2 Å². The monoisotopic (exact) mass is 496 g/mol. The molecule has 0 amide bonds. The van der Waals surface area contributed by atoms with Gasteiger partial charge in [0.2, 0.25) is 0 Å². The van der Waals surface area contributed by atoms with Gasteiger partial charge in [0, 0.05) is 29.7 Å². The van der Waals surface area contributed by atoms with Crippen molar-refractivity contribution >= 4 is 22.4 Å². The van der Waals surface area contributed by atoms with E-state index < -0.39 is 11.6 Å². The molecule has 4 aromatic carbocycles. The van der Waals surface area contributed by atoms with E-state index in [9.17, 15) is 8.78 Å². The number of hydrogen-bond acceptors (Lipinski definition) is 1. The first kappa shape index (κ1) is 25.3. The summed E-state index contributed by atoms with van der Waals surface area (Å²) in [4.78, 5) is 0. The van der Waals surface area contributed by atoms with Crippen molar-refractivity contribution in [1.29, 1.82) is 0 Å². The minimum atomic E-state index is -0.519. The zero-order valence-corrected chi connectivity index (χ0v) is 20.5. The maximum absolute atomic E-state index is 15.1. The van der Waals surface area contributed by atoms with E-state index in [2.05, 4.69) is 0 Å². The highest BCUT2D eigenvalue weighted by Gasteiger charge is 2.13. The van der Waals surface area contributed by atoms with E-state index in [4.69, 9.17) is 16.3 Å². The lowest BCUT2D eigenvalue weighted by Gasteiger charge is -2.11. The van der Waals surface area contributed by atoms with Gasteiger partial charge in [-0.05, 0) is 90.4 Å². The van der Waals surface area contributed by atoms with Crippen LogP contribution in [0.1, 0.15) is 34.2 Å². The van der Waals surface area contributed by atoms with Crippen LogP contribution in [0.15, 0.2) is 66.7 Å². The fraction of sp³-hybridized carbons (Fsp3) is 0.267. The highest BCUT2D eigenvalue weighted by Crippen LogP contribution is 2.25. The Morgan fingerprint density at radius 3 is 2.09 bits per heavy atom. The quantitative estimate of drug-likeness (QED) is 0.202. The molecule has 0 radical (unpaired) electrons. The summed E-state index contributed by atoms with van der Waals surface area (Å²) in [6.07, 6.45) is 3.30. The molecule has 182 valence electrons. The summed E-state index contributed by atoms with van der Waals surface area (Å²) in [7, 11) is 1.60. The van der Waals surface area contributed by atoms with E-state index in [1.807, 2.05) is 48.5 Å². The number of ether oxygens (including phenoxy) is 1. The number of rotatable bonds is 10. The van der Waals surface area contributed by atoms with Crippen LogP contribution in [0.4, 0.5) is 13.2 Å². The number of methoxy groups -OCH3 is 1. The van der Waals surface area contributed by atoms with Crippen molar-refractivity contribution in [3.8, 4) is 0 Å². The molecule has 0 aromatic heterocycles. The molecule has 0 aliphatic heterocycles. The van der Waals surface area contributed by atoms with Gasteiger partial charge in [-0.3, -0.25) is 0 Å². The van der Waals surface area contributed by atoms with Crippen LogP contribution in [0.5, 0.6) is 0 Å². The average Bonchev–Trinajstić information content (AvgIpc) is 2.84.